The summed E-state index contributed by atoms with van der Waals surface area (Å²) in [6, 6.07) is 0. The maximum Gasteiger partial charge on any atom is 0.176 e. The van der Waals surface area contributed by atoms with Crippen LogP contribution in [0, 0.1) is 7.40 Å². The molecule has 0 aliphatic heterocycles. The number of halogens is 3. The predicted octanol–water partition coefficient (Wildman–Crippen LogP) is 2.52. The number of hydrogen-bond donors (Lipinski definition) is 0. The highest BCUT2D eigenvalue weighted by molar-refractivity contribution is 14.1. The van der Waals surface area contributed by atoms with Crippen molar-refractivity contribution < 1.29 is 0 Å². The zero-order valence-corrected chi connectivity index (χ0v) is 11.7. The predicted molar refractivity (Wildman–Crippen MR) is 69.6 cm³/mol. The van der Waals surface area contributed by atoms with Gasteiger partial charge in [0.15, 0.2) is 11.0 Å². The highest BCUT2D eigenvalue weighted by Crippen LogP contribution is 2.20. The van der Waals surface area contributed by atoms with Crippen molar-refractivity contribution in [3.05, 3.63) is 31.3 Å². The second-order valence-electron chi connectivity index (χ2n) is 2.37. The average molecular weight is 432 g/mol. The van der Waals surface area contributed by atoms with Gasteiger partial charge in [-0.1, -0.05) is 11.6 Å². The molecule has 0 radical (unpaired) electrons. The summed E-state index contributed by atoms with van der Waals surface area (Å²) in [4.78, 5) is 12.2. The molecule has 2 aromatic heterocycles. The van der Waals surface area contributed by atoms with E-state index in [0.29, 0.717) is 11.0 Å². The third-order valence-corrected chi connectivity index (χ3v) is 4.65. The molecular weight excluding hydrogens is 429 g/mol. The van der Waals surface area contributed by atoms with E-state index in [0.717, 1.165) is 7.40 Å². The minimum atomic E-state index is 0.374. The number of aromatic nitrogens is 4. The first-order valence-corrected chi connectivity index (χ1v) is 6.09. The van der Waals surface area contributed by atoms with Crippen LogP contribution < -0.4 is 0 Å². The molecule has 2 heterocycles. The van der Waals surface area contributed by atoms with Gasteiger partial charge < -0.3 is 0 Å². The molecule has 0 aromatic carbocycles. The summed E-state index contributed by atoms with van der Waals surface area (Å²) in [6.07, 6.45) is 4.84. The largest absolute Gasteiger partial charge is 0.274 e. The number of nitrogens with zero attached hydrogens (tertiary/aromatic N) is 4. The van der Waals surface area contributed by atoms with Crippen LogP contribution in [-0.2, 0) is 0 Å². The molecule has 2 rings (SSSR count). The van der Waals surface area contributed by atoms with E-state index >= 15 is 0 Å². The number of rotatable bonds is 1. The molecule has 0 fully saturated rings. The second-order valence-corrected chi connectivity index (χ2v) is 4.77. The fourth-order valence-corrected chi connectivity index (χ4v) is 2.01. The van der Waals surface area contributed by atoms with Gasteiger partial charge in [-0.05, 0) is 45.2 Å². The molecule has 0 unspecified atom stereocenters. The van der Waals surface area contributed by atoms with Gasteiger partial charge in [0.25, 0.3) is 0 Å². The first kappa shape index (κ1) is 10.6. The first-order chi connectivity index (χ1) is 6.70. The SMILES string of the molecule is Clc1nccnc1-n1cnc(I)c1I. The van der Waals surface area contributed by atoms with Crippen molar-refractivity contribution in [2.45, 2.75) is 0 Å². The van der Waals surface area contributed by atoms with Crippen LogP contribution in [0.5, 0.6) is 0 Å². The molecule has 0 spiro atoms. The molecule has 0 N–H and O–H groups in total. The second kappa shape index (κ2) is 4.27. The van der Waals surface area contributed by atoms with Crippen molar-refractivity contribution in [1.29, 1.82) is 0 Å². The standard InChI is InChI=1S/C7H3ClI2N4/c8-4-7(12-2-1-11-4)14-3-13-5(9)6(14)10/h1-3H. The summed E-state index contributed by atoms with van der Waals surface area (Å²) >= 11 is 10.3. The lowest BCUT2D eigenvalue weighted by atomic mass is 10.6. The molecule has 14 heavy (non-hydrogen) atoms. The van der Waals surface area contributed by atoms with Crippen LogP contribution in [0.15, 0.2) is 18.7 Å². The van der Waals surface area contributed by atoms with Crippen LogP contribution in [0.4, 0.5) is 0 Å². The van der Waals surface area contributed by atoms with Gasteiger partial charge in [-0.15, -0.1) is 0 Å². The molecule has 0 atom stereocenters. The molecule has 2 aromatic rings. The number of imidazole rings is 1. The molecule has 4 nitrogen and oxygen atoms in total. The molecule has 0 aliphatic rings. The number of hydrogen-bond acceptors (Lipinski definition) is 3. The lowest BCUT2D eigenvalue weighted by Gasteiger charge is -2.03. The monoisotopic (exact) mass is 432 g/mol. The molecular formula is C7H3ClI2N4. The Labute approximate surface area is 112 Å². The summed E-state index contributed by atoms with van der Waals surface area (Å²) in [5.74, 6) is 0.606. The van der Waals surface area contributed by atoms with Gasteiger partial charge in [0, 0.05) is 12.4 Å². The van der Waals surface area contributed by atoms with E-state index < -0.39 is 0 Å². The molecule has 0 saturated carbocycles. The lowest BCUT2D eigenvalue weighted by Crippen LogP contribution is -2.00. The fraction of sp³-hybridized carbons (Fsp3) is 0. The maximum absolute atomic E-state index is 5.91. The van der Waals surface area contributed by atoms with E-state index in [1.54, 1.807) is 23.3 Å². The third kappa shape index (κ3) is 1.87. The molecule has 7 heteroatoms. The normalized spacial score (nSPS) is 10.5. The smallest absolute Gasteiger partial charge is 0.176 e. The van der Waals surface area contributed by atoms with E-state index in [1.165, 1.54) is 0 Å². The summed E-state index contributed by atoms with van der Waals surface area (Å²) in [5, 5.41) is 0.374. The Morgan fingerprint density at radius 1 is 1.14 bits per heavy atom. The van der Waals surface area contributed by atoms with Crippen LogP contribution in [0.25, 0.3) is 5.82 Å². The van der Waals surface area contributed by atoms with Gasteiger partial charge in [-0.3, -0.25) is 4.57 Å². The highest BCUT2D eigenvalue weighted by Gasteiger charge is 2.11. The van der Waals surface area contributed by atoms with Gasteiger partial charge in [-0.25, -0.2) is 15.0 Å². The average Bonchev–Trinajstić information content (AvgIpc) is 2.49. The van der Waals surface area contributed by atoms with E-state index in [1.807, 2.05) is 0 Å². The highest BCUT2D eigenvalue weighted by atomic mass is 127. The van der Waals surface area contributed by atoms with E-state index in [4.69, 9.17) is 11.6 Å². The van der Waals surface area contributed by atoms with Crippen molar-refractivity contribution >= 4 is 56.8 Å². The van der Waals surface area contributed by atoms with Crippen LogP contribution in [0.1, 0.15) is 0 Å². The van der Waals surface area contributed by atoms with Crippen LogP contribution in [0.3, 0.4) is 0 Å². The van der Waals surface area contributed by atoms with Crippen molar-refractivity contribution in [3.63, 3.8) is 0 Å². The van der Waals surface area contributed by atoms with Crippen molar-refractivity contribution in [1.82, 2.24) is 19.5 Å². The Balaban J connectivity index is 2.60. The van der Waals surface area contributed by atoms with Crippen molar-refractivity contribution in [2.75, 3.05) is 0 Å². The van der Waals surface area contributed by atoms with Crippen LogP contribution >= 0.6 is 56.8 Å². The Morgan fingerprint density at radius 2 is 1.86 bits per heavy atom. The summed E-state index contributed by atoms with van der Waals surface area (Å²) < 4.78 is 3.70. The Bertz CT molecular complexity index is 470. The lowest BCUT2D eigenvalue weighted by molar-refractivity contribution is 0.950. The fourth-order valence-electron chi connectivity index (χ4n) is 0.935. The molecule has 0 saturated heterocycles. The summed E-state index contributed by atoms with van der Waals surface area (Å²) in [7, 11) is 0. The Kier molecular flexibility index (Phi) is 3.22. The first-order valence-electron chi connectivity index (χ1n) is 3.55. The topological polar surface area (TPSA) is 43.6 Å². The minimum absolute atomic E-state index is 0.374. The van der Waals surface area contributed by atoms with Crippen molar-refractivity contribution in [3.8, 4) is 5.82 Å². The van der Waals surface area contributed by atoms with Gasteiger partial charge >= 0.3 is 0 Å². The Hall–Kier alpha value is 0.0400. The molecule has 0 amide bonds. The van der Waals surface area contributed by atoms with Gasteiger partial charge in [0.1, 0.15) is 13.7 Å². The maximum atomic E-state index is 5.91. The molecule has 0 aliphatic carbocycles. The van der Waals surface area contributed by atoms with Crippen molar-refractivity contribution in [2.24, 2.45) is 0 Å². The molecule has 0 bridgehead atoms. The minimum Gasteiger partial charge on any atom is -0.274 e. The van der Waals surface area contributed by atoms with Crippen LogP contribution in [-0.4, -0.2) is 19.5 Å². The van der Waals surface area contributed by atoms with E-state index in [2.05, 4.69) is 60.1 Å². The van der Waals surface area contributed by atoms with E-state index in [-0.39, 0.29) is 0 Å². The van der Waals surface area contributed by atoms with E-state index in [9.17, 15) is 0 Å². The molecule has 72 valence electrons. The summed E-state index contributed by atoms with van der Waals surface area (Å²) in [6.45, 7) is 0. The Morgan fingerprint density at radius 3 is 2.43 bits per heavy atom. The zero-order chi connectivity index (χ0) is 10.1. The van der Waals surface area contributed by atoms with Gasteiger partial charge in [0.05, 0.1) is 0 Å². The van der Waals surface area contributed by atoms with Crippen LogP contribution in [0.2, 0.25) is 5.15 Å². The quantitative estimate of drug-likeness (QED) is 0.651. The summed E-state index contributed by atoms with van der Waals surface area (Å²) in [5.41, 5.74) is 0. The zero-order valence-electron chi connectivity index (χ0n) is 6.65. The van der Waals surface area contributed by atoms with Gasteiger partial charge in [0.2, 0.25) is 0 Å². The third-order valence-electron chi connectivity index (χ3n) is 1.53. The van der Waals surface area contributed by atoms with Gasteiger partial charge in [-0.2, -0.15) is 0 Å².